The van der Waals surface area contributed by atoms with Gasteiger partial charge in [-0.2, -0.15) is 5.10 Å². The van der Waals surface area contributed by atoms with Gasteiger partial charge in [0.1, 0.15) is 0 Å². The first kappa shape index (κ1) is 19.5. The number of hydrogen-bond acceptors (Lipinski definition) is 4. The van der Waals surface area contributed by atoms with Gasteiger partial charge < -0.3 is 15.0 Å². The smallest absolute Gasteiger partial charge is 0.0650 e. The first-order valence-corrected chi connectivity index (χ1v) is 10.7. The van der Waals surface area contributed by atoms with Crippen LogP contribution in [0.5, 0.6) is 0 Å². The fraction of sp³-hybridized carbons (Fsp3) is 0.609. The molecular weight excluding hydrogens is 348 g/mol. The molecular formula is C23H34N4O. The lowest BCUT2D eigenvalue weighted by Gasteiger charge is -2.40. The Morgan fingerprint density at radius 3 is 2.29 bits per heavy atom. The van der Waals surface area contributed by atoms with Gasteiger partial charge in [-0.1, -0.05) is 0 Å². The highest BCUT2D eigenvalue weighted by molar-refractivity contribution is 5.51. The van der Waals surface area contributed by atoms with Gasteiger partial charge in [0.15, 0.2) is 0 Å². The molecule has 1 aromatic carbocycles. The molecule has 0 radical (unpaired) electrons. The standard InChI is InChI=1S/C23H34N4O/c1-17-15-18(2)27(25-17)22-7-5-21(6-8-22)26-12-9-19(10-13-26)24-20-11-14-28-23(3,4)16-20/h5-8,15,19-20,24H,9-14,16H2,1-4H3. The monoisotopic (exact) mass is 382 g/mol. The maximum Gasteiger partial charge on any atom is 0.0650 e. The van der Waals surface area contributed by atoms with Crippen molar-refractivity contribution in [1.82, 2.24) is 15.1 Å². The molecule has 0 amide bonds. The van der Waals surface area contributed by atoms with Crippen molar-refractivity contribution in [3.63, 3.8) is 0 Å². The molecule has 0 saturated carbocycles. The lowest BCUT2D eigenvalue weighted by Crippen LogP contribution is -2.50. The average molecular weight is 383 g/mol. The van der Waals surface area contributed by atoms with Crippen LogP contribution in [0.4, 0.5) is 5.69 Å². The normalized spacial score (nSPS) is 23.1. The van der Waals surface area contributed by atoms with Gasteiger partial charge in [-0.3, -0.25) is 0 Å². The number of nitrogens with zero attached hydrogens (tertiary/aromatic N) is 3. The van der Waals surface area contributed by atoms with E-state index in [1.165, 1.54) is 24.2 Å². The molecule has 28 heavy (non-hydrogen) atoms. The lowest BCUT2D eigenvalue weighted by atomic mass is 9.92. The van der Waals surface area contributed by atoms with E-state index in [1.54, 1.807) is 0 Å². The molecule has 1 aromatic heterocycles. The van der Waals surface area contributed by atoms with Crippen LogP contribution in [0.2, 0.25) is 0 Å². The van der Waals surface area contributed by atoms with Crippen LogP contribution < -0.4 is 10.2 Å². The lowest BCUT2D eigenvalue weighted by molar-refractivity contribution is -0.0644. The molecule has 2 fully saturated rings. The molecule has 4 rings (SSSR count). The van der Waals surface area contributed by atoms with Crippen LogP contribution in [-0.2, 0) is 4.74 Å². The largest absolute Gasteiger partial charge is 0.375 e. The van der Waals surface area contributed by atoms with Crippen molar-refractivity contribution in [2.24, 2.45) is 0 Å². The molecule has 2 aliphatic rings. The summed E-state index contributed by atoms with van der Waals surface area (Å²) in [6, 6.07) is 12.2. The van der Waals surface area contributed by atoms with Crippen LogP contribution in [0.15, 0.2) is 30.3 Å². The fourth-order valence-corrected chi connectivity index (χ4v) is 4.71. The van der Waals surface area contributed by atoms with Crippen LogP contribution in [0, 0.1) is 13.8 Å². The van der Waals surface area contributed by atoms with E-state index in [-0.39, 0.29) is 5.60 Å². The van der Waals surface area contributed by atoms with E-state index in [9.17, 15) is 0 Å². The van der Waals surface area contributed by atoms with Gasteiger partial charge >= 0.3 is 0 Å². The van der Waals surface area contributed by atoms with E-state index in [0.717, 1.165) is 43.9 Å². The topological polar surface area (TPSA) is 42.3 Å². The molecule has 5 nitrogen and oxygen atoms in total. The maximum atomic E-state index is 5.86. The molecule has 2 aliphatic heterocycles. The Morgan fingerprint density at radius 1 is 1.00 bits per heavy atom. The number of rotatable bonds is 4. The number of hydrogen-bond donors (Lipinski definition) is 1. The summed E-state index contributed by atoms with van der Waals surface area (Å²) in [6.07, 6.45) is 4.66. The Kier molecular flexibility index (Phi) is 5.48. The summed E-state index contributed by atoms with van der Waals surface area (Å²) in [5, 5.41) is 8.49. The highest BCUT2D eigenvalue weighted by Gasteiger charge is 2.30. The third-order valence-electron chi connectivity index (χ3n) is 6.13. The second-order valence-electron chi connectivity index (χ2n) is 9.08. The molecule has 2 aromatic rings. The molecule has 152 valence electrons. The molecule has 0 aliphatic carbocycles. The third-order valence-corrected chi connectivity index (χ3v) is 6.13. The molecule has 0 bridgehead atoms. The highest BCUT2D eigenvalue weighted by atomic mass is 16.5. The number of benzene rings is 1. The zero-order valence-corrected chi connectivity index (χ0v) is 17.7. The Morgan fingerprint density at radius 2 is 1.68 bits per heavy atom. The van der Waals surface area contributed by atoms with Gasteiger partial charge in [0, 0.05) is 43.2 Å². The zero-order chi connectivity index (χ0) is 19.7. The predicted molar refractivity (Wildman–Crippen MR) is 114 cm³/mol. The third kappa shape index (κ3) is 4.41. The summed E-state index contributed by atoms with van der Waals surface area (Å²) in [6.45, 7) is 11.7. The Bertz CT molecular complexity index is 787. The van der Waals surface area contributed by atoms with Gasteiger partial charge in [-0.25, -0.2) is 4.68 Å². The van der Waals surface area contributed by atoms with Gasteiger partial charge in [0.25, 0.3) is 0 Å². The van der Waals surface area contributed by atoms with Crippen molar-refractivity contribution in [3.8, 4) is 5.69 Å². The average Bonchev–Trinajstić information content (AvgIpc) is 3.00. The van der Waals surface area contributed by atoms with Crippen molar-refractivity contribution in [1.29, 1.82) is 0 Å². The van der Waals surface area contributed by atoms with Crippen molar-refractivity contribution in [2.75, 3.05) is 24.6 Å². The SMILES string of the molecule is Cc1cc(C)n(-c2ccc(N3CCC(NC4CCOC(C)(C)C4)CC3)cc2)n1. The van der Waals surface area contributed by atoms with Gasteiger partial charge in [-0.15, -0.1) is 0 Å². The number of piperidine rings is 1. The van der Waals surface area contributed by atoms with Crippen LogP contribution in [0.3, 0.4) is 0 Å². The van der Waals surface area contributed by atoms with E-state index in [0.29, 0.717) is 12.1 Å². The summed E-state index contributed by atoms with van der Waals surface area (Å²) in [5.74, 6) is 0. The van der Waals surface area contributed by atoms with Crippen LogP contribution in [0.25, 0.3) is 5.69 Å². The quantitative estimate of drug-likeness (QED) is 0.868. The highest BCUT2D eigenvalue weighted by Crippen LogP contribution is 2.26. The first-order valence-electron chi connectivity index (χ1n) is 10.7. The molecule has 1 atom stereocenters. The van der Waals surface area contributed by atoms with Gasteiger partial charge in [-0.05, 0) is 83.7 Å². The molecule has 1 N–H and O–H groups in total. The minimum absolute atomic E-state index is 0.0177. The van der Waals surface area contributed by atoms with E-state index >= 15 is 0 Å². The molecule has 5 heteroatoms. The van der Waals surface area contributed by atoms with Gasteiger partial charge in [0.05, 0.1) is 17.0 Å². The van der Waals surface area contributed by atoms with Crippen molar-refractivity contribution in [3.05, 3.63) is 41.7 Å². The predicted octanol–water partition coefficient (Wildman–Crippen LogP) is 4.01. The van der Waals surface area contributed by atoms with Crippen molar-refractivity contribution < 1.29 is 4.74 Å². The summed E-state index contributed by atoms with van der Waals surface area (Å²) in [5.41, 5.74) is 4.70. The Balaban J connectivity index is 1.32. The summed E-state index contributed by atoms with van der Waals surface area (Å²) in [7, 11) is 0. The second-order valence-corrected chi connectivity index (χ2v) is 9.08. The van der Waals surface area contributed by atoms with Crippen LogP contribution in [0.1, 0.15) is 50.9 Å². The number of ether oxygens (including phenoxy) is 1. The minimum atomic E-state index is 0.0177. The minimum Gasteiger partial charge on any atom is -0.375 e. The molecule has 1 unspecified atom stereocenters. The summed E-state index contributed by atoms with van der Waals surface area (Å²) < 4.78 is 7.87. The first-order chi connectivity index (χ1) is 13.4. The number of anilines is 1. The fourth-order valence-electron chi connectivity index (χ4n) is 4.71. The van der Waals surface area contributed by atoms with E-state index in [1.807, 2.05) is 11.6 Å². The van der Waals surface area contributed by atoms with E-state index in [4.69, 9.17) is 4.74 Å². The van der Waals surface area contributed by atoms with Crippen LogP contribution in [-0.4, -0.2) is 47.2 Å². The Labute approximate surface area is 169 Å². The molecule has 2 saturated heterocycles. The van der Waals surface area contributed by atoms with E-state index < -0.39 is 0 Å². The molecule has 3 heterocycles. The number of nitrogens with one attached hydrogen (secondary N) is 1. The van der Waals surface area contributed by atoms with E-state index in [2.05, 4.69) is 66.4 Å². The second kappa shape index (κ2) is 7.88. The number of aryl methyl sites for hydroxylation is 2. The van der Waals surface area contributed by atoms with Crippen molar-refractivity contribution >= 4 is 5.69 Å². The molecule has 0 spiro atoms. The number of aromatic nitrogens is 2. The van der Waals surface area contributed by atoms with Gasteiger partial charge in [0.2, 0.25) is 0 Å². The zero-order valence-electron chi connectivity index (χ0n) is 17.7. The van der Waals surface area contributed by atoms with Crippen LogP contribution >= 0.6 is 0 Å². The maximum absolute atomic E-state index is 5.86. The summed E-state index contributed by atoms with van der Waals surface area (Å²) >= 11 is 0. The van der Waals surface area contributed by atoms with Crippen molar-refractivity contribution in [2.45, 2.75) is 71.1 Å². The Hall–Kier alpha value is -1.85. The summed E-state index contributed by atoms with van der Waals surface area (Å²) in [4.78, 5) is 2.51.